The number of imidazole rings is 1. The first kappa shape index (κ1) is 15.5. The number of hydrogen-bond acceptors (Lipinski definition) is 5. The number of thiazole rings is 1. The number of nitrogens with zero attached hydrogens (tertiary/aromatic N) is 3. The summed E-state index contributed by atoms with van der Waals surface area (Å²) in [6, 6.07) is 7.51. The van der Waals surface area contributed by atoms with Crippen LogP contribution >= 0.6 is 11.3 Å². The van der Waals surface area contributed by atoms with Gasteiger partial charge in [-0.15, -0.1) is 11.3 Å². The van der Waals surface area contributed by atoms with Gasteiger partial charge in [0.2, 0.25) is 5.91 Å². The van der Waals surface area contributed by atoms with Crippen LogP contribution in [0, 0.1) is 0 Å². The Bertz CT molecular complexity index is 810. The van der Waals surface area contributed by atoms with Crippen LogP contribution in [-0.2, 0) is 11.2 Å². The molecule has 0 aliphatic heterocycles. The van der Waals surface area contributed by atoms with Gasteiger partial charge in [0.25, 0.3) is 0 Å². The average Bonchev–Trinajstić information content (AvgIpc) is 3.16. The number of carbonyl (C=O) groups is 1. The predicted molar refractivity (Wildman–Crippen MR) is 92.3 cm³/mol. The summed E-state index contributed by atoms with van der Waals surface area (Å²) in [6.07, 6.45) is 3.37. The van der Waals surface area contributed by atoms with Crippen molar-refractivity contribution < 1.29 is 4.79 Å². The average molecular weight is 329 g/mol. The first-order valence-corrected chi connectivity index (χ1v) is 8.42. The Morgan fingerprint density at radius 1 is 1.43 bits per heavy atom. The smallest absolute Gasteiger partial charge is 0.242 e. The van der Waals surface area contributed by atoms with Crippen LogP contribution in [0.1, 0.15) is 25.1 Å². The zero-order chi connectivity index (χ0) is 16.2. The van der Waals surface area contributed by atoms with E-state index in [1.54, 1.807) is 6.33 Å². The van der Waals surface area contributed by atoms with Crippen molar-refractivity contribution in [2.45, 2.75) is 25.8 Å². The van der Waals surface area contributed by atoms with Crippen LogP contribution < -0.4 is 11.1 Å². The molecule has 3 aromatic rings. The third kappa shape index (κ3) is 3.50. The van der Waals surface area contributed by atoms with Gasteiger partial charge in [-0.3, -0.25) is 4.79 Å². The van der Waals surface area contributed by atoms with E-state index in [1.165, 1.54) is 11.3 Å². The molecule has 1 amide bonds. The molecule has 0 aliphatic rings. The molecule has 0 saturated heterocycles. The highest BCUT2D eigenvalue weighted by molar-refractivity contribution is 7.13. The molecule has 1 aromatic carbocycles. The van der Waals surface area contributed by atoms with Gasteiger partial charge in [0.15, 0.2) is 5.13 Å². The summed E-state index contributed by atoms with van der Waals surface area (Å²) < 4.78 is 1.89. The van der Waals surface area contributed by atoms with Crippen LogP contribution in [-0.4, -0.2) is 27.0 Å². The first-order valence-electron chi connectivity index (χ1n) is 7.54. The van der Waals surface area contributed by atoms with E-state index in [0.29, 0.717) is 11.7 Å². The Labute approximate surface area is 138 Å². The zero-order valence-electron chi connectivity index (χ0n) is 12.9. The zero-order valence-corrected chi connectivity index (χ0v) is 13.7. The van der Waals surface area contributed by atoms with Crippen molar-refractivity contribution in [2.75, 3.05) is 12.3 Å². The molecule has 3 rings (SSSR count). The minimum Gasteiger partial charge on any atom is -0.375 e. The number of amides is 1. The fraction of sp³-hybridized carbons (Fsp3) is 0.312. The van der Waals surface area contributed by atoms with E-state index in [0.717, 1.165) is 29.6 Å². The topological polar surface area (TPSA) is 85.8 Å². The van der Waals surface area contributed by atoms with Gasteiger partial charge in [-0.25, -0.2) is 9.97 Å². The molecule has 7 heteroatoms. The fourth-order valence-electron chi connectivity index (χ4n) is 2.48. The molecule has 2 heterocycles. The largest absolute Gasteiger partial charge is 0.375 e. The summed E-state index contributed by atoms with van der Waals surface area (Å²) in [4.78, 5) is 20.8. The lowest BCUT2D eigenvalue weighted by molar-refractivity contribution is -0.123. The van der Waals surface area contributed by atoms with Crippen molar-refractivity contribution in [1.29, 1.82) is 0 Å². The summed E-state index contributed by atoms with van der Waals surface area (Å²) in [6.45, 7) is 2.50. The Morgan fingerprint density at radius 3 is 3.04 bits per heavy atom. The molecule has 23 heavy (non-hydrogen) atoms. The van der Waals surface area contributed by atoms with Crippen LogP contribution in [0.15, 0.2) is 36.0 Å². The minimum absolute atomic E-state index is 0.00838. The number of para-hydroxylation sites is 2. The van der Waals surface area contributed by atoms with E-state index in [-0.39, 0.29) is 11.9 Å². The van der Waals surface area contributed by atoms with Gasteiger partial charge in [-0.05, 0) is 31.9 Å². The van der Waals surface area contributed by atoms with E-state index in [4.69, 9.17) is 5.73 Å². The minimum atomic E-state index is -0.294. The van der Waals surface area contributed by atoms with Gasteiger partial charge in [0.1, 0.15) is 6.04 Å². The number of anilines is 1. The van der Waals surface area contributed by atoms with Gasteiger partial charge < -0.3 is 15.6 Å². The van der Waals surface area contributed by atoms with Crippen molar-refractivity contribution in [3.05, 3.63) is 41.7 Å². The maximum Gasteiger partial charge on any atom is 0.242 e. The number of fused-ring (bicyclic) bond motifs is 1. The second kappa shape index (κ2) is 6.78. The van der Waals surface area contributed by atoms with Crippen LogP contribution in [0.5, 0.6) is 0 Å². The van der Waals surface area contributed by atoms with Crippen LogP contribution in [0.2, 0.25) is 0 Å². The van der Waals surface area contributed by atoms with Gasteiger partial charge >= 0.3 is 0 Å². The molecule has 0 radical (unpaired) electrons. The molecule has 120 valence electrons. The Balaban J connectivity index is 1.53. The molecule has 3 N–H and O–H groups in total. The summed E-state index contributed by atoms with van der Waals surface area (Å²) in [5, 5.41) is 5.51. The number of rotatable bonds is 6. The maximum absolute atomic E-state index is 12.3. The first-order chi connectivity index (χ1) is 11.1. The Kier molecular flexibility index (Phi) is 4.57. The summed E-state index contributed by atoms with van der Waals surface area (Å²) in [5.74, 6) is -0.00838. The number of nitrogens with one attached hydrogen (secondary N) is 1. The molecule has 2 aromatic heterocycles. The maximum atomic E-state index is 12.3. The monoisotopic (exact) mass is 329 g/mol. The van der Waals surface area contributed by atoms with Crippen molar-refractivity contribution >= 4 is 33.4 Å². The SMILES string of the molecule is C[C@H](C(=O)NCCCc1csc(N)n1)n1cnc2ccccc21. The fourth-order valence-corrected chi connectivity index (χ4v) is 3.08. The molecule has 0 bridgehead atoms. The third-order valence-electron chi connectivity index (χ3n) is 3.76. The van der Waals surface area contributed by atoms with Gasteiger partial charge in [-0.1, -0.05) is 12.1 Å². The van der Waals surface area contributed by atoms with Crippen molar-refractivity contribution in [2.24, 2.45) is 0 Å². The second-order valence-electron chi connectivity index (χ2n) is 5.39. The van der Waals surface area contributed by atoms with Crippen LogP contribution in [0.3, 0.4) is 0 Å². The third-order valence-corrected chi connectivity index (χ3v) is 4.48. The number of hydrogen-bond donors (Lipinski definition) is 2. The summed E-state index contributed by atoms with van der Waals surface area (Å²) in [5.41, 5.74) is 8.44. The molecule has 6 nitrogen and oxygen atoms in total. The highest BCUT2D eigenvalue weighted by atomic mass is 32.1. The van der Waals surface area contributed by atoms with E-state index in [2.05, 4.69) is 15.3 Å². The molecule has 0 aliphatic carbocycles. The van der Waals surface area contributed by atoms with E-state index in [1.807, 2.05) is 41.1 Å². The molecule has 1 atom stereocenters. The number of aromatic nitrogens is 3. The standard InChI is InChI=1S/C16H19N5OS/c1-11(21-10-19-13-6-2-3-7-14(13)21)15(22)18-8-4-5-12-9-23-16(17)20-12/h2-3,6-7,9-11H,4-5,8H2,1H3,(H2,17,20)(H,18,22)/t11-/m1/s1. The molecular formula is C16H19N5OS. The highest BCUT2D eigenvalue weighted by Crippen LogP contribution is 2.17. The number of aryl methyl sites for hydroxylation is 1. The molecular weight excluding hydrogens is 310 g/mol. The van der Waals surface area contributed by atoms with Crippen molar-refractivity contribution in [3.8, 4) is 0 Å². The number of nitrogens with two attached hydrogens (primary N) is 1. The predicted octanol–water partition coefficient (Wildman–Crippen LogP) is 2.39. The summed E-state index contributed by atoms with van der Waals surface area (Å²) >= 11 is 1.44. The lowest BCUT2D eigenvalue weighted by atomic mass is 10.2. The van der Waals surface area contributed by atoms with Crippen molar-refractivity contribution in [3.63, 3.8) is 0 Å². The van der Waals surface area contributed by atoms with E-state index < -0.39 is 0 Å². The van der Waals surface area contributed by atoms with Gasteiger partial charge in [0.05, 0.1) is 23.1 Å². The highest BCUT2D eigenvalue weighted by Gasteiger charge is 2.16. The normalized spacial score (nSPS) is 12.4. The Hall–Kier alpha value is -2.41. The quantitative estimate of drug-likeness (QED) is 0.680. The molecule has 0 unspecified atom stereocenters. The summed E-state index contributed by atoms with van der Waals surface area (Å²) in [7, 11) is 0. The second-order valence-corrected chi connectivity index (χ2v) is 6.28. The lowest BCUT2D eigenvalue weighted by Gasteiger charge is -2.14. The van der Waals surface area contributed by atoms with Crippen molar-refractivity contribution in [1.82, 2.24) is 19.9 Å². The Morgan fingerprint density at radius 2 is 2.26 bits per heavy atom. The van der Waals surface area contributed by atoms with Crippen LogP contribution in [0.4, 0.5) is 5.13 Å². The molecule has 0 saturated carbocycles. The number of carbonyl (C=O) groups excluding carboxylic acids is 1. The number of benzene rings is 1. The van der Waals surface area contributed by atoms with Gasteiger partial charge in [-0.2, -0.15) is 0 Å². The molecule has 0 spiro atoms. The van der Waals surface area contributed by atoms with E-state index in [9.17, 15) is 4.79 Å². The van der Waals surface area contributed by atoms with Gasteiger partial charge in [0, 0.05) is 11.9 Å². The molecule has 0 fully saturated rings. The lowest BCUT2D eigenvalue weighted by Crippen LogP contribution is -2.31. The van der Waals surface area contributed by atoms with Crippen LogP contribution in [0.25, 0.3) is 11.0 Å². The van der Waals surface area contributed by atoms with E-state index >= 15 is 0 Å². The number of nitrogen functional groups attached to an aromatic ring is 1.